The standard InChI is InChI=1S/C6H14O4Si/c1-5(8-2)9-4-6(7)10-11-3/h5H,4,11H2,1-3H3. The highest BCUT2D eigenvalue weighted by Crippen LogP contribution is 1.90. The Hall–Kier alpha value is -0.393. The van der Waals surface area contributed by atoms with Gasteiger partial charge in [0.05, 0.1) is 0 Å². The summed E-state index contributed by atoms with van der Waals surface area (Å²) in [6.07, 6.45) is -0.346. The smallest absolute Gasteiger partial charge is 0.318 e. The van der Waals surface area contributed by atoms with Gasteiger partial charge in [0.1, 0.15) is 6.61 Å². The van der Waals surface area contributed by atoms with Gasteiger partial charge in [-0.1, -0.05) is 0 Å². The highest BCUT2D eigenvalue weighted by Gasteiger charge is 2.04. The highest BCUT2D eigenvalue weighted by atomic mass is 28.2. The molecule has 66 valence electrons. The number of hydrogen-bond donors (Lipinski definition) is 0. The van der Waals surface area contributed by atoms with Gasteiger partial charge < -0.3 is 13.9 Å². The van der Waals surface area contributed by atoms with E-state index in [0.717, 1.165) is 0 Å². The molecular weight excluding hydrogens is 164 g/mol. The molecule has 0 aliphatic heterocycles. The molecule has 0 saturated carbocycles. The summed E-state index contributed by atoms with van der Waals surface area (Å²) in [5.41, 5.74) is 0. The third kappa shape index (κ3) is 6.02. The highest BCUT2D eigenvalue weighted by molar-refractivity contribution is 6.28. The fourth-order valence-electron chi connectivity index (χ4n) is 0.456. The van der Waals surface area contributed by atoms with E-state index in [1.54, 1.807) is 6.92 Å². The molecule has 0 spiro atoms. The van der Waals surface area contributed by atoms with Crippen LogP contribution in [0.4, 0.5) is 0 Å². The molecule has 0 heterocycles. The molecule has 0 amide bonds. The molecule has 11 heavy (non-hydrogen) atoms. The summed E-state index contributed by atoms with van der Waals surface area (Å²) in [4.78, 5) is 10.7. The summed E-state index contributed by atoms with van der Waals surface area (Å²) >= 11 is 0. The second kappa shape index (κ2) is 6.33. The Labute approximate surface area is 68.8 Å². The summed E-state index contributed by atoms with van der Waals surface area (Å²) < 4.78 is 14.4. The number of methoxy groups -OCH3 is 1. The average Bonchev–Trinajstić information content (AvgIpc) is 2.01. The molecule has 0 rings (SSSR count). The molecule has 5 heteroatoms. The largest absolute Gasteiger partial charge is 0.524 e. The molecule has 0 saturated heterocycles. The van der Waals surface area contributed by atoms with Crippen molar-refractivity contribution in [1.29, 1.82) is 0 Å². The molecule has 0 aromatic carbocycles. The summed E-state index contributed by atoms with van der Waals surface area (Å²) in [6, 6.07) is 0. The number of hydrogen-bond acceptors (Lipinski definition) is 4. The van der Waals surface area contributed by atoms with Crippen molar-refractivity contribution in [3.8, 4) is 0 Å². The molecule has 0 fully saturated rings. The van der Waals surface area contributed by atoms with Crippen molar-refractivity contribution in [2.45, 2.75) is 19.8 Å². The fraction of sp³-hybridized carbons (Fsp3) is 0.833. The fourth-order valence-corrected chi connectivity index (χ4v) is 0.861. The van der Waals surface area contributed by atoms with E-state index in [-0.39, 0.29) is 18.9 Å². The topological polar surface area (TPSA) is 44.8 Å². The van der Waals surface area contributed by atoms with Gasteiger partial charge in [0.25, 0.3) is 0 Å². The number of ether oxygens (including phenoxy) is 2. The zero-order chi connectivity index (χ0) is 8.69. The van der Waals surface area contributed by atoms with Crippen LogP contribution < -0.4 is 0 Å². The predicted molar refractivity (Wildman–Crippen MR) is 42.9 cm³/mol. The van der Waals surface area contributed by atoms with Crippen LogP contribution in [0.3, 0.4) is 0 Å². The maximum absolute atomic E-state index is 10.7. The maximum atomic E-state index is 10.7. The van der Waals surface area contributed by atoms with E-state index in [2.05, 4.69) is 0 Å². The summed E-state index contributed by atoms with van der Waals surface area (Å²) in [6.45, 7) is 3.59. The third-order valence-corrected chi connectivity index (χ3v) is 1.68. The maximum Gasteiger partial charge on any atom is 0.318 e. The van der Waals surface area contributed by atoms with Crippen LogP contribution in [-0.4, -0.2) is 35.7 Å². The lowest BCUT2D eigenvalue weighted by Crippen LogP contribution is -2.19. The van der Waals surface area contributed by atoms with E-state index in [4.69, 9.17) is 13.9 Å². The molecule has 1 unspecified atom stereocenters. The van der Waals surface area contributed by atoms with Gasteiger partial charge in [0, 0.05) is 7.11 Å². The molecule has 0 aliphatic rings. The summed E-state index contributed by atoms with van der Waals surface area (Å²) in [5, 5.41) is 0. The van der Waals surface area contributed by atoms with Crippen LogP contribution in [-0.2, 0) is 18.7 Å². The van der Waals surface area contributed by atoms with Gasteiger partial charge >= 0.3 is 5.97 Å². The van der Waals surface area contributed by atoms with Crippen LogP contribution in [0.15, 0.2) is 0 Å². The van der Waals surface area contributed by atoms with Crippen molar-refractivity contribution in [1.82, 2.24) is 0 Å². The van der Waals surface area contributed by atoms with Gasteiger partial charge in [0.15, 0.2) is 6.29 Å². The van der Waals surface area contributed by atoms with Gasteiger partial charge in [-0.25, -0.2) is 0 Å². The van der Waals surface area contributed by atoms with E-state index >= 15 is 0 Å². The zero-order valence-corrected chi connectivity index (χ0v) is 8.54. The van der Waals surface area contributed by atoms with Crippen LogP contribution in [0, 0.1) is 0 Å². The van der Waals surface area contributed by atoms with Crippen molar-refractivity contribution in [3.63, 3.8) is 0 Å². The van der Waals surface area contributed by atoms with Gasteiger partial charge in [-0.3, -0.25) is 4.79 Å². The molecule has 0 bridgehead atoms. The Morgan fingerprint density at radius 2 is 2.27 bits per heavy atom. The molecule has 0 N–H and O–H groups in total. The molecule has 0 aromatic heterocycles. The zero-order valence-electron chi connectivity index (χ0n) is 7.12. The van der Waals surface area contributed by atoms with Gasteiger partial charge in [-0.15, -0.1) is 0 Å². The number of carbonyl (C=O) groups is 1. The normalized spacial score (nSPS) is 13.7. The second-order valence-electron chi connectivity index (χ2n) is 1.92. The number of carbonyl (C=O) groups excluding carboxylic acids is 1. The Morgan fingerprint density at radius 1 is 1.64 bits per heavy atom. The Bertz CT molecular complexity index is 117. The molecule has 0 aromatic rings. The van der Waals surface area contributed by atoms with E-state index in [0.29, 0.717) is 0 Å². The Morgan fingerprint density at radius 3 is 2.73 bits per heavy atom. The molecule has 1 atom stereocenters. The third-order valence-electron chi connectivity index (χ3n) is 1.07. The van der Waals surface area contributed by atoms with Gasteiger partial charge in [-0.2, -0.15) is 0 Å². The van der Waals surface area contributed by atoms with Crippen molar-refractivity contribution >= 4 is 15.7 Å². The van der Waals surface area contributed by atoms with Crippen molar-refractivity contribution in [2.24, 2.45) is 0 Å². The molecule has 0 radical (unpaired) electrons. The minimum absolute atomic E-state index is 0.0180. The van der Waals surface area contributed by atoms with Crippen LogP contribution >= 0.6 is 0 Å². The van der Waals surface area contributed by atoms with Crippen molar-refractivity contribution in [2.75, 3.05) is 13.7 Å². The molecular formula is C6H14O4Si. The lowest BCUT2D eigenvalue weighted by molar-refractivity contribution is -0.155. The molecule has 4 nitrogen and oxygen atoms in total. The van der Waals surface area contributed by atoms with Crippen LogP contribution in [0.2, 0.25) is 6.55 Å². The first-order valence-electron chi connectivity index (χ1n) is 3.50. The summed E-state index contributed by atoms with van der Waals surface area (Å²) in [7, 11) is 0.863. The van der Waals surface area contributed by atoms with Gasteiger partial charge in [-0.05, 0) is 13.5 Å². The molecule has 0 aliphatic carbocycles. The first-order chi connectivity index (χ1) is 5.20. The van der Waals surface area contributed by atoms with E-state index in [9.17, 15) is 4.79 Å². The van der Waals surface area contributed by atoms with Crippen LogP contribution in [0.5, 0.6) is 0 Å². The second-order valence-corrected chi connectivity index (χ2v) is 2.79. The first-order valence-corrected chi connectivity index (χ1v) is 5.49. The Kier molecular flexibility index (Phi) is 6.10. The predicted octanol–water partition coefficient (Wildman–Crippen LogP) is -0.330. The first kappa shape index (κ1) is 10.6. The quantitative estimate of drug-likeness (QED) is 0.427. The lowest BCUT2D eigenvalue weighted by Gasteiger charge is -2.09. The summed E-state index contributed by atoms with van der Waals surface area (Å²) in [5.74, 6) is -0.303. The van der Waals surface area contributed by atoms with Gasteiger partial charge in [0.2, 0.25) is 9.76 Å². The SMILES string of the molecule is COC(C)OCC(=O)O[SiH2]C. The Balaban J connectivity index is 3.30. The van der Waals surface area contributed by atoms with E-state index in [1.807, 2.05) is 6.55 Å². The minimum atomic E-state index is -0.655. The minimum Gasteiger partial charge on any atom is -0.524 e. The van der Waals surface area contributed by atoms with E-state index < -0.39 is 9.76 Å². The monoisotopic (exact) mass is 178 g/mol. The van der Waals surface area contributed by atoms with Crippen LogP contribution in [0.1, 0.15) is 6.92 Å². The number of rotatable bonds is 5. The lowest BCUT2D eigenvalue weighted by atomic mass is 10.7. The van der Waals surface area contributed by atoms with Crippen molar-refractivity contribution in [3.05, 3.63) is 0 Å². The van der Waals surface area contributed by atoms with Crippen LogP contribution in [0.25, 0.3) is 0 Å². The van der Waals surface area contributed by atoms with Crippen molar-refractivity contribution < 1.29 is 18.7 Å². The average molecular weight is 178 g/mol. The van der Waals surface area contributed by atoms with E-state index in [1.165, 1.54) is 7.11 Å².